The smallest absolute Gasteiger partial charge is 0.243 e. The molecule has 2 rings (SSSR count). The molecule has 0 aliphatic carbocycles. The van der Waals surface area contributed by atoms with Crippen molar-refractivity contribution in [3.05, 3.63) is 36.0 Å². The molecule has 3 nitrogen and oxygen atoms in total. The quantitative estimate of drug-likeness (QED) is 0.764. The van der Waals surface area contributed by atoms with Crippen LogP contribution in [0.2, 0.25) is 0 Å². The Kier molecular flexibility index (Phi) is 3.16. The van der Waals surface area contributed by atoms with Gasteiger partial charge in [-0.15, -0.1) is 0 Å². The Hall–Kier alpha value is -1.77. The molecule has 1 aromatic rings. The van der Waals surface area contributed by atoms with Crippen molar-refractivity contribution >= 4 is 11.6 Å². The van der Waals surface area contributed by atoms with Gasteiger partial charge in [0.05, 0.1) is 12.5 Å². The summed E-state index contributed by atoms with van der Waals surface area (Å²) >= 11 is 0. The average Bonchev–Trinajstić information content (AvgIpc) is 2.43. The van der Waals surface area contributed by atoms with Crippen molar-refractivity contribution in [2.24, 2.45) is 5.41 Å². The molecule has 1 unspecified atom stereocenters. The second-order valence-electron chi connectivity index (χ2n) is 4.70. The summed E-state index contributed by atoms with van der Waals surface area (Å²) in [6.45, 7) is 6.03. The van der Waals surface area contributed by atoms with Crippen LogP contribution >= 0.6 is 0 Å². The highest BCUT2D eigenvalue weighted by atomic mass is 16.5. The number of methoxy groups -OCH3 is 1. The number of ether oxygens (including phenoxy) is 1. The summed E-state index contributed by atoms with van der Waals surface area (Å²) in [6, 6.07) is 7.57. The highest BCUT2D eigenvalue weighted by Gasteiger charge is 2.52. The molecule has 0 saturated carbocycles. The molecule has 1 aliphatic rings. The number of β-lactam (4-membered cyclic amide) rings is 1. The van der Waals surface area contributed by atoms with Crippen LogP contribution in [0.25, 0.3) is 0 Å². The van der Waals surface area contributed by atoms with Crippen LogP contribution in [0.1, 0.15) is 27.2 Å². The van der Waals surface area contributed by atoms with Crippen molar-refractivity contribution in [2.75, 3.05) is 12.0 Å². The molecule has 1 aromatic carbocycles. The lowest BCUT2D eigenvalue weighted by atomic mass is 9.74. The van der Waals surface area contributed by atoms with Crippen molar-refractivity contribution in [1.29, 1.82) is 0 Å². The van der Waals surface area contributed by atoms with Crippen molar-refractivity contribution in [3.63, 3.8) is 0 Å². The highest BCUT2D eigenvalue weighted by molar-refractivity contribution is 6.10. The molecule has 18 heavy (non-hydrogen) atoms. The summed E-state index contributed by atoms with van der Waals surface area (Å²) < 4.78 is 5.12. The summed E-state index contributed by atoms with van der Waals surface area (Å²) in [5, 5.41) is 0. The van der Waals surface area contributed by atoms with E-state index in [0.29, 0.717) is 0 Å². The van der Waals surface area contributed by atoms with Gasteiger partial charge in [-0.1, -0.05) is 13.0 Å². The molecule has 0 aromatic heterocycles. The molecule has 0 N–H and O–H groups in total. The fourth-order valence-corrected chi connectivity index (χ4v) is 2.43. The van der Waals surface area contributed by atoms with Crippen molar-refractivity contribution < 1.29 is 9.53 Å². The van der Waals surface area contributed by atoms with Crippen LogP contribution in [-0.2, 0) is 4.79 Å². The standard InChI is InChI=1S/C15H19NO2/c1-5-13-15(3,6-2)14(17)16(13)11-7-9-12(18-4)10-8-11/h5,7-10H,6H2,1-4H3/b13-5-. The fraction of sp³-hybridized carbons (Fsp3) is 0.400. The number of nitrogens with zero attached hydrogens (tertiary/aromatic N) is 1. The zero-order valence-electron chi connectivity index (χ0n) is 11.4. The molecule has 96 valence electrons. The molecule has 1 saturated heterocycles. The minimum atomic E-state index is -0.325. The Bertz CT molecular complexity index is 490. The number of benzene rings is 1. The largest absolute Gasteiger partial charge is 0.497 e. The van der Waals surface area contributed by atoms with Gasteiger partial charge in [-0.25, -0.2) is 0 Å². The SMILES string of the molecule is C/C=C1\N(c2ccc(OC)cc2)C(=O)C1(C)CC. The topological polar surface area (TPSA) is 29.5 Å². The highest BCUT2D eigenvalue weighted by Crippen LogP contribution is 2.47. The number of carbonyl (C=O) groups is 1. The van der Waals surface area contributed by atoms with E-state index < -0.39 is 0 Å². The van der Waals surface area contributed by atoms with Gasteiger partial charge in [0.25, 0.3) is 0 Å². The first-order chi connectivity index (χ1) is 8.58. The van der Waals surface area contributed by atoms with E-state index in [1.54, 1.807) is 12.0 Å². The second-order valence-corrected chi connectivity index (χ2v) is 4.70. The van der Waals surface area contributed by atoms with E-state index >= 15 is 0 Å². The van der Waals surface area contributed by atoms with E-state index in [2.05, 4.69) is 0 Å². The summed E-state index contributed by atoms with van der Waals surface area (Å²) in [5.74, 6) is 0.968. The zero-order chi connectivity index (χ0) is 13.3. The molecular weight excluding hydrogens is 226 g/mol. The van der Waals surface area contributed by atoms with Gasteiger partial charge in [0.2, 0.25) is 5.91 Å². The lowest BCUT2D eigenvalue weighted by Gasteiger charge is -2.49. The lowest BCUT2D eigenvalue weighted by molar-refractivity contribution is -0.130. The normalized spacial score (nSPS) is 25.2. The van der Waals surface area contributed by atoms with Gasteiger partial charge in [0.15, 0.2) is 0 Å². The van der Waals surface area contributed by atoms with E-state index in [-0.39, 0.29) is 11.3 Å². The molecule has 1 amide bonds. The van der Waals surface area contributed by atoms with Crippen molar-refractivity contribution in [1.82, 2.24) is 0 Å². The molecule has 1 heterocycles. The van der Waals surface area contributed by atoms with Crippen molar-refractivity contribution in [2.45, 2.75) is 27.2 Å². The van der Waals surface area contributed by atoms with Gasteiger partial charge in [-0.05, 0) is 44.5 Å². The summed E-state index contributed by atoms with van der Waals surface area (Å²) in [5.41, 5.74) is 1.66. The Morgan fingerprint density at radius 2 is 1.94 bits per heavy atom. The van der Waals surface area contributed by atoms with Gasteiger partial charge in [-0.2, -0.15) is 0 Å². The van der Waals surface area contributed by atoms with Gasteiger partial charge >= 0.3 is 0 Å². The van der Waals surface area contributed by atoms with Gasteiger partial charge in [0.1, 0.15) is 5.75 Å². The first-order valence-corrected chi connectivity index (χ1v) is 6.24. The van der Waals surface area contributed by atoms with Crippen LogP contribution in [0, 0.1) is 5.41 Å². The number of anilines is 1. The number of allylic oxidation sites excluding steroid dienone is 1. The second kappa shape index (κ2) is 4.48. The molecule has 0 bridgehead atoms. The molecule has 1 fully saturated rings. The number of rotatable bonds is 3. The monoisotopic (exact) mass is 245 g/mol. The van der Waals surface area contributed by atoms with E-state index in [4.69, 9.17) is 4.74 Å². The van der Waals surface area contributed by atoms with Crippen LogP contribution in [0.3, 0.4) is 0 Å². The van der Waals surface area contributed by atoms with Gasteiger partial charge in [0, 0.05) is 11.4 Å². The Morgan fingerprint density at radius 3 is 2.39 bits per heavy atom. The van der Waals surface area contributed by atoms with Crippen LogP contribution in [-0.4, -0.2) is 13.0 Å². The lowest BCUT2D eigenvalue weighted by Crippen LogP contribution is -2.57. The van der Waals surface area contributed by atoms with Crippen LogP contribution in [0.15, 0.2) is 36.0 Å². The van der Waals surface area contributed by atoms with Crippen LogP contribution in [0.5, 0.6) is 5.75 Å². The summed E-state index contributed by atoms with van der Waals surface area (Å²) in [6.07, 6.45) is 2.85. The fourth-order valence-electron chi connectivity index (χ4n) is 2.43. The Morgan fingerprint density at radius 1 is 1.33 bits per heavy atom. The predicted molar refractivity (Wildman–Crippen MR) is 72.6 cm³/mol. The van der Waals surface area contributed by atoms with E-state index in [1.165, 1.54) is 0 Å². The number of hydrogen-bond donors (Lipinski definition) is 0. The van der Waals surface area contributed by atoms with Crippen LogP contribution < -0.4 is 9.64 Å². The molecule has 0 radical (unpaired) electrons. The number of hydrogen-bond acceptors (Lipinski definition) is 2. The Balaban J connectivity index is 2.32. The molecule has 3 heteroatoms. The van der Waals surface area contributed by atoms with Gasteiger partial charge < -0.3 is 4.74 Å². The van der Waals surface area contributed by atoms with E-state index in [9.17, 15) is 4.79 Å². The number of carbonyl (C=O) groups excluding carboxylic acids is 1. The van der Waals surface area contributed by atoms with E-state index in [1.807, 2.05) is 51.1 Å². The minimum Gasteiger partial charge on any atom is -0.497 e. The number of amides is 1. The molecule has 0 spiro atoms. The maximum absolute atomic E-state index is 12.3. The maximum Gasteiger partial charge on any atom is 0.243 e. The Labute approximate surface area is 108 Å². The average molecular weight is 245 g/mol. The molecule has 1 aliphatic heterocycles. The van der Waals surface area contributed by atoms with Gasteiger partial charge in [-0.3, -0.25) is 9.69 Å². The third kappa shape index (κ3) is 1.62. The van der Waals surface area contributed by atoms with Crippen LogP contribution in [0.4, 0.5) is 5.69 Å². The summed E-state index contributed by atoms with van der Waals surface area (Å²) in [4.78, 5) is 14.1. The van der Waals surface area contributed by atoms with Crippen molar-refractivity contribution in [3.8, 4) is 5.75 Å². The first-order valence-electron chi connectivity index (χ1n) is 6.24. The third-order valence-corrected chi connectivity index (χ3v) is 3.79. The molecule has 1 atom stereocenters. The minimum absolute atomic E-state index is 0.170. The molecular formula is C15H19NO2. The zero-order valence-corrected chi connectivity index (χ0v) is 11.4. The summed E-state index contributed by atoms with van der Waals surface area (Å²) in [7, 11) is 1.63. The third-order valence-electron chi connectivity index (χ3n) is 3.79. The maximum atomic E-state index is 12.3. The predicted octanol–water partition coefficient (Wildman–Crippen LogP) is 3.36. The van der Waals surface area contributed by atoms with E-state index in [0.717, 1.165) is 23.6 Å². The first kappa shape index (κ1) is 12.7.